The molecule has 152 valence electrons. The van der Waals surface area contributed by atoms with Crippen LogP contribution >= 0.6 is 15.9 Å². The molecule has 4 N–H and O–H groups in total. The lowest BCUT2D eigenvalue weighted by atomic mass is 9.84. The van der Waals surface area contributed by atoms with Crippen molar-refractivity contribution in [3.63, 3.8) is 0 Å². The number of anilines is 2. The molecule has 0 fully saturated rings. The number of hydrogen-bond acceptors (Lipinski definition) is 5. The molecule has 1 aromatic carbocycles. The van der Waals surface area contributed by atoms with E-state index in [1.54, 1.807) is 0 Å². The minimum absolute atomic E-state index is 0.152. The Balaban J connectivity index is 1.37. The molecule has 7 heteroatoms. The van der Waals surface area contributed by atoms with Crippen molar-refractivity contribution in [2.75, 3.05) is 11.5 Å². The third kappa shape index (κ3) is 3.33. The largest absolute Gasteiger partial charge is 0.383 e. The maximum absolute atomic E-state index is 5.98. The maximum Gasteiger partial charge on any atom is 0.151 e. The standard InChI is InChI=1S/C23H23BrN6/c1-23(8-6-14-2-3-15-11-17(24)21(25)29-18(15)10-14)9-7-16(12-23)19-4-5-20-22(26)27-13-28-30(19)20/h2-5,10-13H,6-9H2,1H3,(H2,25,29)(H2,26,27,28)/t23-/m1/s1. The molecule has 0 unspecified atom stereocenters. The van der Waals surface area contributed by atoms with Crippen LogP contribution < -0.4 is 11.5 Å². The molecule has 0 spiro atoms. The van der Waals surface area contributed by atoms with Crippen molar-refractivity contribution < 1.29 is 0 Å². The fourth-order valence-electron chi connectivity index (χ4n) is 4.37. The molecule has 1 atom stereocenters. The van der Waals surface area contributed by atoms with Gasteiger partial charge in [0.05, 0.1) is 15.7 Å². The lowest BCUT2D eigenvalue weighted by Gasteiger charge is -2.21. The summed E-state index contributed by atoms with van der Waals surface area (Å²) in [5.41, 5.74) is 17.6. The zero-order valence-electron chi connectivity index (χ0n) is 16.8. The summed E-state index contributed by atoms with van der Waals surface area (Å²) in [5, 5.41) is 5.49. The summed E-state index contributed by atoms with van der Waals surface area (Å²) in [6.45, 7) is 2.34. The van der Waals surface area contributed by atoms with E-state index in [4.69, 9.17) is 11.5 Å². The SMILES string of the molecule is C[C@]1(CCc2ccc3cc(Br)c(N)nc3c2)C=C(c2ccc3c(N)ncnn23)CC1. The highest BCUT2D eigenvalue weighted by Crippen LogP contribution is 2.43. The van der Waals surface area contributed by atoms with Crippen molar-refractivity contribution in [2.45, 2.75) is 32.6 Å². The highest BCUT2D eigenvalue weighted by atomic mass is 79.9. The van der Waals surface area contributed by atoms with Crippen LogP contribution in [0.25, 0.3) is 22.0 Å². The minimum atomic E-state index is 0.152. The van der Waals surface area contributed by atoms with Gasteiger partial charge in [-0.1, -0.05) is 25.1 Å². The van der Waals surface area contributed by atoms with E-state index >= 15 is 0 Å². The average Bonchev–Trinajstić information content (AvgIpc) is 3.32. The Bertz CT molecular complexity index is 1310. The molecule has 5 rings (SSSR count). The normalized spacial score (nSPS) is 18.9. The van der Waals surface area contributed by atoms with Gasteiger partial charge in [-0.2, -0.15) is 5.10 Å². The Hall–Kier alpha value is -2.93. The first-order chi connectivity index (χ1) is 14.4. The van der Waals surface area contributed by atoms with Gasteiger partial charge in [0.15, 0.2) is 5.82 Å². The summed E-state index contributed by atoms with van der Waals surface area (Å²) >= 11 is 3.45. The number of pyridine rings is 1. The van der Waals surface area contributed by atoms with Crippen molar-refractivity contribution >= 4 is 49.6 Å². The van der Waals surface area contributed by atoms with E-state index < -0.39 is 0 Å². The molecule has 1 aliphatic carbocycles. The maximum atomic E-state index is 5.98. The quantitative estimate of drug-likeness (QED) is 0.443. The molecule has 4 aromatic rings. The Morgan fingerprint density at radius 3 is 2.87 bits per heavy atom. The van der Waals surface area contributed by atoms with E-state index in [1.165, 1.54) is 17.5 Å². The molecule has 3 heterocycles. The van der Waals surface area contributed by atoms with Crippen LogP contribution in [0.1, 0.15) is 37.4 Å². The number of halogens is 1. The first kappa shape index (κ1) is 19.1. The van der Waals surface area contributed by atoms with Crippen LogP contribution in [0, 0.1) is 5.41 Å². The minimum Gasteiger partial charge on any atom is -0.383 e. The van der Waals surface area contributed by atoms with E-state index in [9.17, 15) is 0 Å². The van der Waals surface area contributed by atoms with Crippen LogP contribution in [-0.2, 0) is 6.42 Å². The molecule has 0 amide bonds. The molecule has 0 radical (unpaired) electrons. The van der Waals surface area contributed by atoms with E-state index in [1.807, 2.05) is 16.6 Å². The predicted molar refractivity (Wildman–Crippen MR) is 125 cm³/mol. The van der Waals surface area contributed by atoms with Gasteiger partial charge >= 0.3 is 0 Å². The zero-order valence-corrected chi connectivity index (χ0v) is 18.4. The summed E-state index contributed by atoms with van der Waals surface area (Å²) in [6, 6.07) is 12.6. The summed E-state index contributed by atoms with van der Waals surface area (Å²) < 4.78 is 2.74. The third-order valence-electron chi connectivity index (χ3n) is 6.15. The molecular formula is C23H23BrN6. The Labute approximate surface area is 183 Å². The Morgan fingerprint density at radius 1 is 1.13 bits per heavy atom. The number of aromatic nitrogens is 4. The number of hydrogen-bond donors (Lipinski definition) is 2. The van der Waals surface area contributed by atoms with E-state index in [-0.39, 0.29) is 5.41 Å². The second-order valence-electron chi connectivity index (χ2n) is 8.37. The number of aryl methyl sites for hydroxylation is 1. The third-order valence-corrected chi connectivity index (χ3v) is 6.78. The predicted octanol–water partition coefficient (Wildman–Crippen LogP) is 5.02. The lowest BCUT2D eigenvalue weighted by molar-refractivity contribution is 0.385. The first-order valence-corrected chi connectivity index (χ1v) is 10.9. The lowest BCUT2D eigenvalue weighted by Crippen LogP contribution is -2.10. The van der Waals surface area contributed by atoms with Gasteiger partial charge in [-0.05, 0) is 82.4 Å². The van der Waals surface area contributed by atoms with Crippen molar-refractivity contribution in [2.24, 2.45) is 5.41 Å². The number of benzene rings is 1. The van der Waals surface area contributed by atoms with Crippen LogP contribution in [0.3, 0.4) is 0 Å². The molecule has 0 bridgehead atoms. The van der Waals surface area contributed by atoms with Gasteiger partial charge < -0.3 is 11.5 Å². The van der Waals surface area contributed by atoms with Crippen LogP contribution in [0.4, 0.5) is 11.6 Å². The van der Waals surface area contributed by atoms with Gasteiger partial charge in [0, 0.05) is 5.39 Å². The average molecular weight is 463 g/mol. The Kier molecular flexibility index (Phi) is 4.50. The molecule has 3 aromatic heterocycles. The molecule has 6 nitrogen and oxygen atoms in total. The van der Waals surface area contributed by atoms with Gasteiger partial charge in [0.25, 0.3) is 0 Å². The highest BCUT2D eigenvalue weighted by Gasteiger charge is 2.29. The highest BCUT2D eigenvalue weighted by molar-refractivity contribution is 9.10. The monoisotopic (exact) mass is 462 g/mol. The van der Waals surface area contributed by atoms with Crippen molar-refractivity contribution in [1.29, 1.82) is 0 Å². The summed E-state index contributed by atoms with van der Waals surface area (Å²) in [7, 11) is 0. The molecule has 30 heavy (non-hydrogen) atoms. The van der Waals surface area contributed by atoms with Crippen LogP contribution in [0.2, 0.25) is 0 Å². The molecule has 0 saturated carbocycles. The van der Waals surface area contributed by atoms with Gasteiger partial charge in [-0.3, -0.25) is 0 Å². The Morgan fingerprint density at radius 2 is 2.00 bits per heavy atom. The number of nitrogens with zero attached hydrogens (tertiary/aromatic N) is 4. The number of fused-ring (bicyclic) bond motifs is 2. The van der Waals surface area contributed by atoms with Gasteiger partial charge in [0.1, 0.15) is 17.7 Å². The van der Waals surface area contributed by atoms with Crippen molar-refractivity contribution in [3.8, 4) is 0 Å². The second kappa shape index (κ2) is 7.09. The fraction of sp³-hybridized carbons (Fsp3) is 0.261. The van der Waals surface area contributed by atoms with Crippen molar-refractivity contribution in [1.82, 2.24) is 19.6 Å². The number of allylic oxidation sites excluding steroid dienone is 2. The molecule has 0 saturated heterocycles. The summed E-state index contributed by atoms with van der Waals surface area (Å²) in [5.74, 6) is 1.04. The van der Waals surface area contributed by atoms with Crippen LogP contribution in [-0.4, -0.2) is 19.6 Å². The molecule has 1 aliphatic rings. The van der Waals surface area contributed by atoms with Gasteiger partial charge in [-0.15, -0.1) is 0 Å². The zero-order chi connectivity index (χ0) is 20.9. The van der Waals surface area contributed by atoms with Crippen LogP contribution in [0.5, 0.6) is 0 Å². The van der Waals surface area contributed by atoms with Gasteiger partial charge in [0.2, 0.25) is 0 Å². The summed E-state index contributed by atoms with van der Waals surface area (Å²) in [6.07, 6.45) is 8.17. The van der Waals surface area contributed by atoms with Crippen molar-refractivity contribution in [3.05, 3.63) is 64.5 Å². The number of rotatable bonds is 4. The summed E-state index contributed by atoms with van der Waals surface area (Å²) in [4.78, 5) is 8.59. The molecule has 0 aliphatic heterocycles. The smallest absolute Gasteiger partial charge is 0.151 e. The molecular weight excluding hydrogens is 440 g/mol. The number of nitrogen functional groups attached to an aromatic ring is 2. The van der Waals surface area contributed by atoms with Crippen LogP contribution in [0.15, 0.2) is 53.3 Å². The fourth-order valence-corrected chi connectivity index (χ4v) is 4.70. The number of nitrogens with two attached hydrogens (primary N) is 2. The van der Waals surface area contributed by atoms with Gasteiger partial charge in [-0.25, -0.2) is 14.5 Å². The van der Waals surface area contributed by atoms with E-state index in [0.29, 0.717) is 11.6 Å². The van der Waals surface area contributed by atoms with E-state index in [2.05, 4.69) is 68.3 Å². The first-order valence-electron chi connectivity index (χ1n) is 10.1. The second-order valence-corrected chi connectivity index (χ2v) is 9.22. The topological polar surface area (TPSA) is 95.1 Å². The van der Waals surface area contributed by atoms with E-state index in [0.717, 1.165) is 52.3 Å².